The van der Waals surface area contributed by atoms with Crippen LogP contribution in [-0.4, -0.2) is 25.2 Å². The van der Waals surface area contributed by atoms with E-state index in [0.717, 1.165) is 35.5 Å². The fraction of sp³-hybridized carbons (Fsp3) is 0.724. The van der Waals surface area contributed by atoms with Gasteiger partial charge < -0.3 is 8.23 Å². The van der Waals surface area contributed by atoms with Crippen molar-refractivity contribution in [2.24, 2.45) is 35.5 Å². The first-order valence-electron chi connectivity index (χ1n) is 14.2. The number of rotatable bonds is 11. The van der Waals surface area contributed by atoms with Crippen LogP contribution in [0.4, 0.5) is 0 Å². The molecule has 3 fully saturated rings. The van der Waals surface area contributed by atoms with Crippen LogP contribution in [0.25, 0.3) is 0 Å². The second kappa shape index (κ2) is 9.77. The van der Waals surface area contributed by atoms with Crippen molar-refractivity contribution in [2.75, 3.05) is 0 Å². The van der Waals surface area contributed by atoms with Crippen molar-refractivity contribution in [3.05, 3.63) is 42.5 Å². The van der Waals surface area contributed by atoms with Crippen molar-refractivity contribution < 1.29 is 8.23 Å². The topological polar surface area (TPSA) is 18.5 Å². The number of hydrogen-bond acceptors (Lipinski definition) is 2. The summed E-state index contributed by atoms with van der Waals surface area (Å²) in [6, 6.07) is 13.6. The third-order valence-electron chi connectivity index (χ3n) is 9.78. The lowest BCUT2D eigenvalue weighted by atomic mass is 9.87. The number of hydrogen-bond donors (Lipinski definition) is 0. The molecule has 7 atom stereocenters. The molecule has 0 N–H and O–H groups in total. The van der Waals surface area contributed by atoms with Crippen LogP contribution in [0.3, 0.4) is 0 Å². The molecule has 5 heteroatoms. The van der Waals surface area contributed by atoms with Gasteiger partial charge in [-0.1, -0.05) is 61.7 Å². The third kappa shape index (κ3) is 5.74. The first-order chi connectivity index (χ1) is 16.1. The highest BCUT2D eigenvalue weighted by Crippen LogP contribution is 2.50. The Kier molecular flexibility index (Phi) is 7.24. The van der Waals surface area contributed by atoms with Gasteiger partial charge in [0.05, 0.1) is 0 Å². The predicted octanol–water partition coefficient (Wildman–Crippen LogP) is 7.84. The summed E-state index contributed by atoms with van der Waals surface area (Å²) in [5.74, 6) is 5.65. The maximum atomic E-state index is 7.29. The van der Waals surface area contributed by atoms with Crippen molar-refractivity contribution >= 4 is 30.4 Å². The van der Waals surface area contributed by atoms with Gasteiger partial charge in [0.2, 0.25) is 0 Å². The Hall–Kier alpha value is -0.469. The molecule has 0 saturated heterocycles. The summed E-state index contributed by atoms with van der Waals surface area (Å²) in [6.45, 7) is 12.2. The highest BCUT2D eigenvalue weighted by atomic mass is 28.5. The standard InChI is InChI=1S/C29H48O2Si3/c1-32(2,17-15-27-21-23-11-13-25(27)19-23)30-34(5,29-9-7-6-8-10-29)31-33(3,4)18-16-28-22-24-12-14-26(28)20-24/h6-11,13,23-28H,12,14-22H2,1-5H3. The van der Waals surface area contributed by atoms with E-state index in [1.165, 1.54) is 68.6 Å². The average molecular weight is 513 g/mol. The van der Waals surface area contributed by atoms with Gasteiger partial charge in [0, 0.05) is 0 Å². The lowest BCUT2D eigenvalue weighted by Gasteiger charge is -2.41. The van der Waals surface area contributed by atoms with Crippen LogP contribution in [0.2, 0.25) is 44.8 Å². The maximum Gasteiger partial charge on any atom is 0.348 e. The van der Waals surface area contributed by atoms with Crippen molar-refractivity contribution in [3.8, 4) is 0 Å². The fourth-order valence-corrected chi connectivity index (χ4v) is 21.7. The highest BCUT2D eigenvalue weighted by Gasteiger charge is 2.46. The number of benzene rings is 1. The first kappa shape index (κ1) is 25.2. The van der Waals surface area contributed by atoms with Crippen LogP contribution in [0.15, 0.2) is 42.5 Å². The Morgan fingerprint density at radius 1 is 0.735 bits per heavy atom. The van der Waals surface area contributed by atoms with Crippen molar-refractivity contribution in [3.63, 3.8) is 0 Å². The summed E-state index contributed by atoms with van der Waals surface area (Å²) in [4.78, 5) is 0. The predicted molar refractivity (Wildman–Crippen MR) is 151 cm³/mol. The molecule has 0 aliphatic heterocycles. The van der Waals surface area contributed by atoms with Gasteiger partial charge in [0.1, 0.15) is 0 Å². The average Bonchev–Trinajstić information content (AvgIpc) is 3.58. The molecule has 2 nitrogen and oxygen atoms in total. The zero-order valence-electron chi connectivity index (χ0n) is 22.4. The largest absolute Gasteiger partial charge is 0.433 e. The molecule has 7 unspecified atom stereocenters. The Bertz CT molecular complexity index is 869. The summed E-state index contributed by atoms with van der Waals surface area (Å²) in [5.41, 5.74) is 0. The van der Waals surface area contributed by atoms with Crippen molar-refractivity contribution in [1.82, 2.24) is 0 Å². The van der Waals surface area contributed by atoms with E-state index in [4.69, 9.17) is 8.23 Å². The van der Waals surface area contributed by atoms with Gasteiger partial charge in [0.25, 0.3) is 0 Å². The van der Waals surface area contributed by atoms with E-state index in [9.17, 15) is 0 Å². The Morgan fingerprint density at radius 2 is 1.41 bits per heavy atom. The Balaban J connectivity index is 1.24. The maximum absolute atomic E-state index is 7.29. The van der Waals surface area contributed by atoms with Gasteiger partial charge >= 0.3 is 8.56 Å². The van der Waals surface area contributed by atoms with Crippen LogP contribution in [0.5, 0.6) is 0 Å². The number of fused-ring (bicyclic) bond motifs is 4. The molecule has 0 amide bonds. The fourth-order valence-electron chi connectivity index (χ4n) is 8.06. The quantitative estimate of drug-likeness (QED) is 0.222. The van der Waals surface area contributed by atoms with Crippen LogP contribution in [0.1, 0.15) is 51.4 Å². The first-order valence-corrected chi connectivity index (χ1v) is 22.8. The summed E-state index contributed by atoms with van der Waals surface area (Å²) in [5, 5.41) is 1.33. The minimum atomic E-state index is -2.47. The molecule has 188 valence electrons. The molecule has 0 spiro atoms. The molecule has 1 aromatic rings. The van der Waals surface area contributed by atoms with E-state index in [1.54, 1.807) is 0 Å². The van der Waals surface area contributed by atoms with Crippen LogP contribution in [-0.2, 0) is 8.23 Å². The van der Waals surface area contributed by atoms with E-state index >= 15 is 0 Å². The SMILES string of the molecule is C[Si](C)(CCC1CC2C=CC1C2)O[Si](C)(O[Si](C)(C)CCC1CC2CCC1C2)c1ccccc1. The van der Waals surface area contributed by atoms with E-state index in [-0.39, 0.29) is 0 Å². The molecule has 34 heavy (non-hydrogen) atoms. The summed E-state index contributed by atoms with van der Waals surface area (Å²) in [7, 11) is -6.14. The van der Waals surface area contributed by atoms with Gasteiger partial charge in [-0.25, -0.2) is 0 Å². The zero-order chi connectivity index (χ0) is 24.0. The zero-order valence-corrected chi connectivity index (χ0v) is 25.4. The molecular formula is C29H48O2Si3. The van der Waals surface area contributed by atoms with Crippen molar-refractivity contribution in [1.29, 1.82) is 0 Å². The van der Waals surface area contributed by atoms with Crippen molar-refractivity contribution in [2.45, 2.75) is 96.2 Å². The lowest BCUT2D eigenvalue weighted by Crippen LogP contribution is -2.61. The molecule has 0 heterocycles. The van der Waals surface area contributed by atoms with E-state index in [0.29, 0.717) is 0 Å². The van der Waals surface area contributed by atoms with Gasteiger partial charge in [-0.05, 0) is 118 Å². The smallest absolute Gasteiger partial charge is 0.348 e. The second-order valence-corrected chi connectivity index (χ2v) is 25.7. The molecule has 4 bridgehead atoms. The molecule has 4 aliphatic rings. The number of allylic oxidation sites excluding steroid dienone is 2. The molecular weight excluding hydrogens is 465 g/mol. The molecule has 3 saturated carbocycles. The highest BCUT2D eigenvalue weighted by molar-refractivity contribution is 6.94. The normalized spacial score (nSPS) is 34.1. The summed E-state index contributed by atoms with van der Waals surface area (Å²) < 4.78 is 14.6. The van der Waals surface area contributed by atoms with Crippen LogP contribution >= 0.6 is 0 Å². The second-order valence-electron chi connectivity index (χ2n) is 13.6. The molecule has 5 rings (SSSR count). The summed E-state index contributed by atoms with van der Waals surface area (Å²) in [6.07, 6.45) is 16.5. The monoisotopic (exact) mass is 512 g/mol. The third-order valence-corrected chi connectivity index (χ3v) is 21.7. The van der Waals surface area contributed by atoms with Crippen LogP contribution in [0, 0.1) is 35.5 Å². The van der Waals surface area contributed by atoms with E-state index in [2.05, 4.69) is 75.2 Å². The van der Waals surface area contributed by atoms with Gasteiger partial charge in [-0.15, -0.1) is 0 Å². The Morgan fingerprint density at radius 3 is 1.94 bits per heavy atom. The van der Waals surface area contributed by atoms with Crippen LogP contribution < -0.4 is 5.19 Å². The molecule has 0 radical (unpaired) electrons. The summed E-state index contributed by atoms with van der Waals surface area (Å²) >= 11 is 0. The lowest BCUT2D eigenvalue weighted by molar-refractivity contribution is 0.318. The van der Waals surface area contributed by atoms with Gasteiger partial charge in [-0.2, -0.15) is 0 Å². The minimum Gasteiger partial charge on any atom is -0.433 e. The molecule has 4 aliphatic carbocycles. The molecule has 1 aromatic carbocycles. The van der Waals surface area contributed by atoms with Gasteiger partial charge in [-0.3, -0.25) is 0 Å². The van der Waals surface area contributed by atoms with E-state index < -0.39 is 25.2 Å². The minimum absolute atomic E-state index is 0.848. The van der Waals surface area contributed by atoms with Gasteiger partial charge in [0.15, 0.2) is 16.6 Å². The molecule has 0 aromatic heterocycles. The van der Waals surface area contributed by atoms with E-state index in [1.807, 2.05) is 0 Å². The Labute approximate surface area is 212 Å².